The highest BCUT2D eigenvalue weighted by atomic mass is 16.6. The number of esters is 3. The van der Waals surface area contributed by atoms with Crippen molar-refractivity contribution in [1.82, 2.24) is 0 Å². The molecule has 60 heavy (non-hydrogen) atoms. The summed E-state index contributed by atoms with van der Waals surface area (Å²) in [6, 6.07) is 0. The molecule has 6 nitrogen and oxygen atoms in total. The van der Waals surface area contributed by atoms with Gasteiger partial charge in [0.1, 0.15) is 13.2 Å². The lowest BCUT2D eigenvalue weighted by molar-refractivity contribution is -0.166. The first-order valence-electron chi connectivity index (χ1n) is 24.9. The molecule has 0 N–H and O–H groups in total. The summed E-state index contributed by atoms with van der Waals surface area (Å²) in [5.74, 6) is -1.01. The third kappa shape index (κ3) is 45.9. The zero-order chi connectivity index (χ0) is 43.7. The predicted octanol–water partition coefficient (Wildman–Crippen LogP) is 16.3. The van der Waals surface area contributed by atoms with Gasteiger partial charge in [-0.25, -0.2) is 0 Å². The number of allylic oxidation sites excluding steroid dienone is 12. The number of carbonyl (C=O) groups is 3. The smallest absolute Gasteiger partial charge is 0.306 e. The van der Waals surface area contributed by atoms with Crippen LogP contribution in [0.25, 0.3) is 0 Å². The van der Waals surface area contributed by atoms with E-state index < -0.39 is 12.1 Å². The van der Waals surface area contributed by atoms with Gasteiger partial charge >= 0.3 is 17.9 Å². The van der Waals surface area contributed by atoms with Crippen LogP contribution in [0.5, 0.6) is 0 Å². The zero-order valence-electron chi connectivity index (χ0n) is 39.2. The highest BCUT2D eigenvalue weighted by molar-refractivity contribution is 5.71. The lowest BCUT2D eigenvalue weighted by Gasteiger charge is -2.18. The van der Waals surface area contributed by atoms with Gasteiger partial charge in [0.25, 0.3) is 0 Å². The Morgan fingerprint density at radius 1 is 0.350 bits per heavy atom. The molecular weight excluding hydrogens is 745 g/mol. The van der Waals surface area contributed by atoms with Crippen LogP contribution in [0.4, 0.5) is 0 Å². The van der Waals surface area contributed by atoms with Crippen molar-refractivity contribution in [1.29, 1.82) is 0 Å². The number of hydrogen-bond donors (Lipinski definition) is 0. The first-order valence-corrected chi connectivity index (χ1v) is 24.9. The molecule has 0 amide bonds. The van der Waals surface area contributed by atoms with Crippen molar-refractivity contribution in [2.75, 3.05) is 13.2 Å². The van der Waals surface area contributed by atoms with Gasteiger partial charge in [0, 0.05) is 19.3 Å². The van der Waals surface area contributed by atoms with Crippen LogP contribution in [0, 0.1) is 0 Å². The first-order chi connectivity index (χ1) is 29.5. The third-order valence-electron chi connectivity index (χ3n) is 10.4. The molecule has 0 aliphatic carbocycles. The molecule has 0 aromatic carbocycles. The van der Waals surface area contributed by atoms with Crippen molar-refractivity contribution in [3.8, 4) is 0 Å². The molecule has 6 heteroatoms. The highest BCUT2D eigenvalue weighted by Gasteiger charge is 2.19. The van der Waals surface area contributed by atoms with E-state index in [1.807, 2.05) is 12.2 Å². The van der Waals surface area contributed by atoms with Crippen molar-refractivity contribution < 1.29 is 28.6 Å². The van der Waals surface area contributed by atoms with E-state index >= 15 is 0 Å². The third-order valence-corrected chi connectivity index (χ3v) is 10.4. The summed E-state index contributed by atoms with van der Waals surface area (Å²) in [7, 11) is 0. The summed E-state index contributed by atoms with van der Waals surface area (Å²) in [5, 5.41) is 0. The van der Waals surface area contributed by atoms with Crippen LogP contribution in [-0.2, 0) is 28.6 Å². The molecule has 0 aromatic rings. The van der Waals surface area contributed by atoms with E-state index in [4.69, 9.17) is 14.2 Å². The van der Waals surface area contributed by atoms with Crippen molar-refractivity contribution in [2.24, 2.45) is 0 Å². The van der Waals surface area contributed by atoms with Crippen molar-refractivity contribution in [3.05, 3.63) is 72.9 Å². The standard InChI is InChI=1S/C54H92O6/c1-4-7-10-13-16-19-22-25-26-27-30-32-35-38-41-44-47-53(56)59-50-51(60-54(57)48-45-42-39-36-33-29-24-21-18-15-12-9-6-3)49-58-52(55)46-43-40-37-34-31-28-23-20-17-14-11-8-5-2/h9,12,18,20-21,23,26-27,29,33,39,42,51H,4-8,10-11,13-17,19,22,24-25,28,30-32,34-38,40-41,43-50H2,1-3H3/b12-9-,21-18-,23-20-,27-26-,33-29-,42-39-. The second-order valence-electron chi connectivity index (χ2n) is 16.3. The normalized spacial score (nSPS) is 12.7. The zero-order valence-corrected chi connectivity index (χ0v) is 39.2. The SMILES string of the molecule is CC/C=C\C/C=C\C/C=C\C/C=C\CCC(=O)OC(COC(=O)CCCCCCC/C=C\CCCCCC)COC(=O)CCCCCCC/C=C\CCCCCCCCC. The van der Waals surface area contributed by atoms with Gasteiger partial charge in [-0.05, 0) is 96.3 Å². The fourth-order valence-electron chi connectivity index (χ4n) is 6.68. The summed E-state index contributed by atoms with van der Waals surface area (Å²) in [5.41, 5.74) is 0. The average Bonchev–Trinajstić information content (AvgIpc) is 3.24. The fraction of sp³-hybridized carbons (Fsp3) is 0.722. The number of rotatable bonds is 44. The molecular formula is C54H92O6. The maximum Gasteiger partial charge on any atom is 0.306 e. The molecule has 0 bridgehead atoms. The minimum atomic E-state index is -0.818. The van der Waals surface area contributed by atoms with E-state index in [0.717, 1.165) is 89.9 Å². The Morgan fingerprint density at radius 2 is 0.683 bits per heavy atom. The molecule has 0 radical (unpaired) electrons. The molecule has 0 aliphatic heterocycles. The van der Waals surface area contributed by atoms with Gasteiger partial charge in [-0.2, -0.15) is 0 Å². The molecule has 1 unspecified atom stereocenters. The fourth-order valence-corrected chi connectivity index (χ4v) is 6.68. The Bertz CT molecular complexity index is 1140. The molecule has 0 fully saturated rings. The summed E-state index contributed by atoms with van der Waals surface area (Å²) in [4.78, 5) is 37.8. The van der Waals surface area contributed by atoms with Crippen LogP contribution in [0.3, 0.4) is 0 Å². The van der Waals surface area contributed by atoms with Crippen LogP contribution in [0.1, 0.15) is 233 Å². The second-order valence-corrected chi connectivity index (χ2v) is 16.3. The van der Waals surface area contributed by atoms with E-state index in [1.54, 1.807) is 0 Å². The van der Waals surface area contributed by atoms with Gasteiger partial charge in [-0.3, -0.25) is 14.4 Å². The van der Waals surface area contributed by atoms with Gasteiger partial charge in [0.2, 0.25) is 0 Å². The van der Waals surface area contributed by atoms with Crippen LogP contribution < -0.4 is 0 Å². The summed E-state index contributed by atoms with van der Waals surface area (Å²) in [6.45, 7) is 6.42. The van der Waals surface area contributed by atoms with Gasteiger partial charge in [0.05, 0.1) is 0 Å². The van der Waals surface area contributed by atoms with Gasteiger partial charge in [0.15, 0.2) is 6.10 Å². The van der Waals surface area contributed by atoms with Gasteiger partial charge in [-0.15, -0.1) is 0 Å². The summed E-state index contributed by atoms with van der Waals surface area (Å²) >= 11 is 0. The van der Waals surface area contributed by atoms with E-state index in [-0.39, 0.29) is 31.6 Å². The van der Waals surface area contributed by atoms with Crippen molar-refractivity contribution in [2.45, 2.75) is 239 Å². The quantitative estimate of drug-likeness (QED) is 0.0263. The molecule has 0 heterocycles. The highest BCUT2D eigenvalue weighted by Crippen LogP contribution is 2.13. The van der Waals surface area contributed by atoms with Crippen LogP contribution in [0.15, 0.2) is 72.9 Å². The molecule has 0 spiro atoms. The monoisotopic (exact) mass is 837 g/mol. The maximum atomic E-state index is 12.7. The van der Waals surface area contributed by atoms with E-state index in [2.05, 4.69) is 81.5 Å². The van der Waals surface area contributed by atoms with Crippen LogP contribution in [0.2, 0.25) is 0 Å². The Morgan fingerprint density at radius 3 is 1.10 bits per heavy atom. The molecule has 1 atom stereocenters. The Labute approximate surface area is 370 Å². The van der Waals surface area contributed by atoms with E-state index in [1.165, 1.54) is 96.3 Å². The average molecular weight is 837 g/mol. The topological polar surface area (TPSA) is 78.9 Å². The lowest BCUT2D eigenvalue weighted by Crippen LogP contribution is -2.30. The van der Waals surface area contributed by atoms with E-state index in [0.29, 0.717) is 19.3 Å². The largest absolute Gasteiger partial charge is 0.462 e. The number of hydrogen-bond acceptors (Lipinski definition) is 6. The molecule has 0 rings (SSSR count). The number of carbonyl (C=O) groups excluding carboxylic acids is 3. The minimum absolute atomic E-state index is 0.111. The predicted molar refractivity (Wildman–Crippen MR) is 256 cm³/mol. The Hall–Kier alpha value is -3.15. The molecule has 0 saturated heterocycles. The summed E-state index contributed by atoms with van der Waals surface area (Å²) in [6.07, 6.45) is 60.4. The Kier molecular flexibility index (Phi) is 46.0. The van der Waals surface area contributed by atoms with Crippen molar-refractivity contribution >= 4 is 17.9 Å². The molecule has 344 valence electrons. The van der Waals surface area contributed by atoms with Gasteiger partial charge in [-0.1, -0.05) is 190 Å². The Balaban J connectivity index is 4.48. The number of unbranched alkanes of at least 4 members (excludes halogenated alkanes) is 21. The van der Waals surface area contributed by atoms with Gasteiger partial charge < -0.3 is 14.2 Å². The minimum Gasteiger partial charge on any atom is -0.462 e. The maximum absolute atomic E-state index is 12.7. The molecule has 0 saturated carbocycles. The van der Waals surface area contributed by atoms with Crippen LogP contribution in [-0.4, -0.2) is 37.2 Å². The molecule has 0 aromatic heterocycles. The first kappa shape index (κ1) is 56.9. The van der Waals surface area contributed by atoms with E-state index in [9.17, 15) is 14.4 Å². The second kappa shape index (κ2) is 48.5. The number of ether oxygens (including phenoxy) is 3. The molecule has 0 aliphatic rings. The van der Waals surface area contributed by atoms with Crippen LogP contribution >= 0.6 is 0 Å². The summed E-state index contributed by atoms with van der Waals surface area (Å²) < 4.78 is 16.7. The van der Waals surface area contributed by atoms with Crippen molar-refractivity contribution in [3.63, 3.8) is 0 Å². The lowest BCUT2D eigenvalue weighted by atomic mass is 10.1.